The molecule has 0 unspecified atom stereocenters. The molecular formula is C16H19NO3. The molecule has 4 rings (SSSR count). The summed E-state index contributed by atoms with van der Waals surface area (Å²) in [7, 11) is 0. The van der Waals surface area contributed by atoms with Crippen LogP contribution >= 0.6 is 0 Å². The van der Waals surface area contributed by atoms with Crippen molar-refractivity contribution in [3.63, 3.8) is 0 Å². The molecule has 2 heterocycles. The van der Waals surface area contributed by atoms with Crippen LogP contribution in [0.2, 0.25) is 0 Å². The van der Waals surface area contributed by atoms with Gasteiger partial charge in [-0.3, -0.25) is 4.79 Å². The molecule has 1 aliphatic carbocycles. The number of aryl methyl sites for hydroxylation is 1. The average molecular weight is 273 g/mol. The molecular weight excluding hydrogens is 254 g/mol. The van der Waals surface area contributed by atoms with Crippen molar-refractivity contribution in [1.29, 1.82) is 0 Å². The van der Waals surface area contributed by atoms with E-state index in [0.717, 1.165) is 29.8 Å². The van der Waals surface area contributed by atoms with E-state index in [1.807, 2.05) is 30.0 Å². The molecule has 1 aromatic rings. The molecule has 0 radical (unpaired) electrons. The van der Waals surface area contributed by atoms with Gasteiger partial charge in [0.2, 0.25) is 0 Å². The topological polar surface area (TPSA) is 38.8 Å². The van der Waals surface area contributed by atoms with Gasteiger partial charge in [0.05, 0.1) is 18.9 Å². The van der Waals surface area contributed by atoms with Gasteiger partial charge in [0.25, 0.3) is 11.7 Å². The predicted molar refractivity (Wildman–Crippen MR) is 74.5 cm³/mol. The van der Waals surface area contributed by atoms with Crippen LogP contribution in [0.1, 0.15) is 30.4 Å². The Hall–Kier alpha value is -1.39. The molecule has 1 amide bonds. The quantitative estimate of drug-likeness (QED) is 0.830. The lowest BCUT2D eigenvalue weighted by Gasteiger charge is -2.32. The molecule has 106 valence electrons. The third kappa shape index (κ3) is 1.71. The summed E-state index contributed by atoms with van der Waals surface area (Å²) in [5.41, 5.74) is 2.99. The number of anilines is 1. The molecule has 4 heteroatoms. The molecule has 1 saturated heterocycles. The minimum atomic E-state index is -1.17. The first-order chi connectivity index (χ1) is 9.71. The highest BCUT2D eigenvalue weighted by Gasteiger charge is 2.55. The van der Waals surface area contributed by atoms with Crippen molar-refractivity contribution >= 4 is 11.6 Å². The summed E-state index contributed by atoms with van der Waals surface area (Å²) >= 11 is 0. The number of carbonyl (C=O) groups excluding carboxylic acids is 1. The van der Waals surface area contributed by atoms with Crippen molar-refractivity contribution in [3.8, 4) is 0 Å². The van der Waals surface area contributed by atoms with Crippen LogP contribution in [0, 0.1) is 12.8 Å². The van der Waals surface area contributed by atoms with Crippen LogP contribution in [-0.4, -0.2) is 25.7 Å². The summed E-state index contributed by atoms with van der Waals surface area (Å²) in [5.74, 6) is -0.564. The maximum Gasteiger partial charge on any atom is 0.292 e. The van der Waals surface area contributed by atoms with Crippen molar-refractivity contribution < 1.29 is 14.3 Å². The third-order valence-electron chi connectivity index (χ3n) is 4.36. The zero-order valence-corrected chi connectivity index (χ0v) is 11.7. The van der Waals surface area contributed by atoms with Gasteiger partial charge in [0.1, 0.15) is 0 Å². The van der Waals surface area contributed by atoms with E-state index >= 15 is 0 Å². The van der Waals surface area contributed by atoms with Crippen LogP contribution in [-0.2, 0) is 20.1 Å². The number of rotatable bonds is 2. The molecule has 0 aromatic heterocycles. The fourth-order valence-electron chi connectivity index (χ4n) is 3.10. The Kier molecular flexibility index (Phi) is 2.66. The standard InChI is InChI=1S/C16H19NO3/c1-11-3-6-14-13(9-11)16(19-7-2-8-20-16)15(18)17(14)10-12-4-5-12/h3,6,9,12H,2,4-5,7-8,10H2,1H3. The Morgan fingerprint density at radius 3 is 2.75 bits per heavy atom. The van der Waals surface area contributed by atoms with Gasteiger partial charge in [-0.1, -0.05) is 11.6 Å². The molecule has 0 atom stereocenters. The van der Waals surface area contributed by atoms with Gasteiger partial charge in [-0.25, -0.2) is 0 Å². The van der Waals surface area contributed by atoms with Crippen molar-refractivity contribution in [1.82, 2.24) is 0 Å². The summed E-state index contributed by atoms with van der Waals surface area (Å²) in [6.45, 7) is 3.99. The number of ether oxygens (including phenoxy) is 2. The normalized spacial score (nSPS) is 24.2. The van der Waals surface area contributed by atoms with E-state index in [1.165, 1.54) is 12.8 Å². The molecule has 1 saturated carbocycles. The molecule has 2 fully saturated rings. The fourth-order valence-corrected chi connectivity index (χ4v) is 3.10. The van der Waals surface area contributed by atoms with Crippen LogP contribution in [0.25, 0.3) is 0 Å². The first-order valence-corrected chi connectivity index (χ1v) is 7.42. The zero-order valence-electron chi connectivity index (χ0n) is 11.7. The third-order valence-corrected chi connectivity index (χ3v) is 4.36. The molecule has 4 nitrogen and oxygen atoms in total. The number of hydrogen-bond acceptors (Lipinski definition) is 3. The average Bonchev–Trinajstić information content (AvgIpc) is 3.26. The van der Waals surface area contributed by atoms with Crippen LogP contribution in [0.3, 0.4) is 0 Å². The summed E-state index contributed by atoms with van der Waals surface area (Å²) in [6, 6.07) is 6.11. The highest BCUT2D eigenvalue weighted by Crippen LogP contribution is 2.47. The van der Waals surface area contributed by atoms with E-state index in [9.17, 15) is 4.79 Å². The molecule has 0 bridgehead atoms. The first kappa shape index (κ1) is 12.4. The van der Waals surface area contributed by atoms with Gasteiger partial charge >= 0.3 is 0 Å². The van der Waals surface area contributed by atoms with Gasteiger partial charge in [0, 0.05) is 12.1 Å². The Balaban J connectivity index is 1.80. The second-order valence-electron chi connectivity index (χ2n) is 6.05. The second kappa shape index (κ2) is 4.30. The molecule has 2 aliphatic heterocycles. The smallest absolute Gasteiger partial charge is 0.292 e. The van der Waals surface area contributed by atoms with Crippen LogP contribution in [0.4, 0.5) is 5.69 Å². The highest BCUT2D eigenvalue weighted by molar-refractivity contribution is 6.06. The van der Waals surface area contributed by atoms with Gasteiger partial charge in [-0.05, 0) is 44.2 Å². The number of fused-ring (bicyclic) bond motifs is 2. The molecule has 3 aliphatic rings. The molecule has 0 N–H and O–H groups in total. The first-order valence-electron chi connectivity index (χ1n) is 7.42. The maximum atomic E-state index is 12.9. The van der Waals surface area contributed by atoms with E-state index in [2.05, 4.69) is 0 Å². The summed E-state index contributed by atoms with van der Waals surface area (Å²) in [6.07, 6.45) is 3.29. The second-order valence-corrected chi connectivity index (χ2v) is 6.05. The number of nitrogens with zero attached hydrogens (tertiary/aromatic N) is 1. The van der Waals surface area contributed by atoms with Crippen molar-refractivity contribution in [2.75, 3.05) is 24.7 Å². The lowest BCUT2D eigenvalue weighted by Crippen LogP contribution is -2.47. The van der Waals surface area contributed by atoms with Gasteiger partial charge < -0.3 is 14.4 Å². The summed E-state index contributed by atoms with van der Waals surface area (Å²) in [5, 5.41) is 0. The van der Waals surface area contributed by atoms with Crippen LogP contribution < -0.4 is 4.90 Å². The zero-order chi connectivity index (χ0) is 13.7. The highest BCUT2D eigenvalue weighted by atomic mass is 16.7. The van der Waals surface area contributed by atoms with E-state index in [4.69, 9.17) is 9.47 Å². The SMILES string of the molecule is Cc1ccc2c(c1)C1(OCCCO1)C(=O)N2CC1CC1. The Bertz CT molecular complexity index is 559. The Labute approximate surface area is 118 Å². The van der Waals surface area contributed by atoms with Gasteiger partial charge in [0.15, 0.2) is 0 Å². The number of amides is 1. The molecule has 1 aromatic carbocycles. The van der Waals surface area contributed by atoms with Crippen LogP contribution in [0.15, 0.2) is 18.2 Å². The molecule has 20 heavy (non-hydrogen) atoms. The number of benzene rings is 1. The summed E-state index contributed by atoms with van der Waals surface area (Å²) in [4.78, 5) is 14.8. The van der Waals surface area contributed by atoms with Crippen molar-refractivity contribution in [2.24, 2.45) is 5.92 Å². The lowest BCUT2D eigenvalue weighted by atomic mass is 10.0. The summed E-state index contributed by atoms with van der Waals surface area (Å²) < 4.78 is 11.7. The lowest BCUT2D eigenvalue weighted by molar-refractivity contribution is -0.256. The Morgan fingerprint density at radius 1 is 1.30 bits per heavy atom. The Morgan fingerprint density at radius 2 is 2.05 bits per heavy atom. The maximum absolute atomic E-state index is 12.9. The monoisotopic (exact) mass is 273 g/mol. The number of hydrogen-bond donors (Lipinski definition) is 0. The largest absolute Gasteiger partial charge is 0.338 e. The van der Waals surface area contributed by atoms with E-state index in [-0.39, 0.29) is 5.91 Å². The minimum absolute atomic E-state index is 0.0373. The fraction of sp³-hybridized carbons (Fsp3) is 0.562. The van der Waals surface area contributed by atoms with E-state index in [0.29, 0.717) is 19.1 Å². The number of carbonyl (C=O) groups is 1. The van der Waals surface area contributed by atoms with Crippen molar-refractivity contribution in [2.45, 2.75) is 32.0 Å². The minimum Gasteiger partial charge on any atom is -0.338 e. The van der Waals surface area contributed by atoms with E-state index in [1.54, 1.807) is 0 Å². The van der Waals surface area contributed by atoms with Crippen molar-refractivity contribution in [3.05, 3.63) is 29.3 Å². The van der Waals surface area contributed by atoms with Gasteiger partial charge in [-0.2, -0.15) is 0 Å². The van der Waals surface area contributed by atoms with Crippen LogP contribution in [0.5, 0.6) is 0 Å². The van der Waals surface area contributed by atoms with Gasteiger partial charge in [-0.15, -0.1) is 0 Å². The molecule has 1 spiro atoms. The van der Waals surface area contributed by atoms with E-state index < -0.39 is 5.79 Å². The predicted octanol–water partition coefficient (Wildman–Crippen LogP) is 2.34.